The molecule has 5 heteroatoms. The lowest BCUT2D eigenvalue weighted by molar-refractivity contribution is 0.317. The highest BCUT2D eigenvalue weighted by Gasteiger charge is 2.24. The number of nitrogens with zero attached hydrogens (tertiary/aromatic N) is 1. The zero-order valence-corrected chi connectivity index (χ0v) is 5.15. The minimum Gasteiger partial charge on any atom is -0.426 e. The van der Waals surface area contributed by atoms with E-state index in [4.69, 9.17) is 10.0 Å². The summed E-state index contributed by atoms with van der Waals surface area (Å²) in [5, 5.41) is 18.8. The molecule has 0 bridgehead atoms. The molecule has 9 heavy (non-hydrogen) atoms. The van der Waals surface area contributed by atoms with Crippen LogP contribution >= 0.6 is 0 Å². The Labute approximate surface area is 53.9 Å². The molecule has 1 unspecified atom stereocenters. The summed E-state index contributed by atoms with van der Waals surface area (Å²) in [6, 6.07) is 0. The summed E-state index contributed by atoms with van der Waals surface area (Å²) in [6.07, 6.45) is 3.43. The Morgan fingerprint density at radius 2 is 2.33 bits per heavy atom. The SMILES string of the molecule is CN1C=CC(B(O)O)N1. The van der Waals surface area contributed by atoms with Crippen LogP contribution < -0.4 is 5.43 Å². The van der Waals surface area contributed by atoms with E-state index in [1.165, 1.54) is 0 Å². The maximum absolute atomic E-state index is 8.59. The zero-order valence-electron chi connectivity index (χ0n) is 5.15. The topological polar surface area (TPSA) is 55.7 Å². The predicted molar refractivity (Wildman–Crippen MR) is 34.0 cm³/mol. The van der Waals surface area contributed by atoms with Crippen molar-refractivity contribution in [2.75, 3.05) is 7.05 Å². The van der Waals surface area contributed by atoms with Crippen LogP contribution in [-0.2, 0) is 0 Å². The second-order valence-corrected chi connectivity index (χ2v) is 2.02. The van der Waals surface area contributed by atoms with Crippen LogP contribution in [0.25, 0.3) is 0 Å². The monoisotopic (exact) mass is 128 g/mol. The van der Waals surface area contributed by atoms with Gasteiger partial charge in [0.05, 0.1) is 5.94 Å². The van der Waals surface area contributed by atoms with Crippen molar-refractivity contribution in [3.8, 4) is 0 Å². The molecule has 0 radical (unpaired) electrons. The van der Waals surface area contributed by atoms with Gasteiger partial charge in [-0.2, -0.15) is 0 Å². The van der Waals surface area contributed by atoms with Gasteiger partial charge in [-0.05, 0) is 0 Å². The molecule has 50 valence electrons. The summed E-state index contributed by atoms with van der Waals surface area (Å²) in [6.45, 7) is 0. The smallest absolute Gasteiger partial charge is 0.426 e. The summed E-state index contributed by atoms with van der Waals surface area (Å²) in [5.41, 5.74) is 2.78. The fraction of sp³-hybridized carbons (Fsp3) is 0.500. The first-order valence-corrected chi connectivity index (χ1v) is 2.73. The van der Waals surface area contributed by atoms with Crippen molar-refractivity contribution >= 4 is 7.12 Å². The molecule has 0 aromatic carbocycles. The summed E-state index contributed by atoms with van der Waals surface area (Å²) >= 11 is 0. The molecule has 1 atom stereocenters. The molecule has 1 aliphatic heterocycles. The number of rotatable bonds is 1. The minimum atomic E-state index is -1.31. The lowest BCUT2D eigenvalue weighted by Crippen LogP contribution is -2.43. The van der Waals surface area contributed by atoms with Gasteiger partial charge in [0, 0.05) is 13.2 Å². The Hall–Kier alpha value is -0.515. The molecular weight excluding hydrogens is 119 g/mol. The zero-order chi connectivity index (χ0) is 6.85. The maximum atomic E-state index is 8.59. The van der Waals surface area contributed by atoms with E-state index in [9.17, 15) is 0 Å². The molecule has 1 heterocycles. The van der Waals surface area contributed by atoms with Gasteiger partial charge in [0.15, 0.2) is 0 Å². The highest BCUT2D eigenvalue weighted by atomic mass is 16.4. The third kappa shape index (κ3) is 1.44. The van der Waals surface area contributed by atoms with E-state index in [1.54, 1.807) is 24.3 Å². The van der Waals surface area contributed by atoms with Gasteiger partial charge in [0.2, 0.25) is 0 Å². The fourth-order valence-electron chi connectivity index (χ4n) is 0.709. The number of hydrogen-bond donors (Lipinski definition) is 3. The minimum absolute atomic E-state index is 0.352. The van der Waals surface area contributed by atoms with Crippen LogP contribution in [0.5, 0.6) is 0 Å². The van der Waals surface area contributed by atoms with E-state index in [1.807, 2.05) is 0 Å². The van der Waals surface area contributed by atoms with Crippen molar-refractivity contribution in [3.63, 3.8) is 0 Å². The quantitative estimate of drug-likeness (QED) is 0.369. The Morgan fingerprint density at radius 1 is 1.67 bits per heavy atom. The molecule has 0 aromatic heterocycles. The van der Waals surface area contributed by atoms with Crippen LogP contribution in [0.15, 0.2) is 12.3 Å². The Bertz CT molecular complexity index is 128. The molecule has 4 nitrogen and oxygen atoms in total. The number of hydrazine groups is 1. The normalized spacial score (nSPS) is 25.2. The van der Waals surface area contributed by atoms with E-state index >= 15 is 0 Å². The molecule has 1 rings (SSSR count). The van der Waals surface area contributed by atoms with Crippen LogP contribution in [0.3, 0.4) is 0 Å². The molecule has 0 aliphatic carbocycles. The second kappa shape index (κ2) is 2.39. The van der Waals surface area contributed by atoms with Gasteiger partial charge in [-0.15, -0.1) is 0 Å². The van der Waals surface area contributed by atoms with Gasteiger partial charge in [-0.1, -0.05) is 6.08 Å². The van der Waals surface area contributed by atoms with Gasteiger partial charge >= 0.3 is 7.12 Å². The molecule has 0 aromatic rings. The summed E-state index contributed by atoms with van der Waals surface area (Å²) in [4.78, 5) is 0. The van der Waals surface area contributed by atoms with E-state index in [2.05, 4.69) is 5.43 Å². The highest BCUT2D eigenvalue weighted by molar-refractivity contribution is 6.44. The van der Waals surface area contributed by atoms with Crippen molar-refractivity contribution in [2.45, 2.75) is 5.94 Å². The first-order valence-electron chi connectivity index (χ1n) is 2.73. The second-order valence-electron chi connectivity index (χ2n) is 2.02. The molecule has 0 saturated carbocycles. The lowest BCUT2D eigenvalue weighted by atomic mass is 9.81. The van der Waals surface area contributed by atoms with E-state index < -0.39 is 7.12 Å². The van der Waals surface area contributed by atoms with Gasteiger partial charge < -0.3 is 15.1 Å². The van der Waals surface area contributed by atoms with Crippen molar-refractivity contribution in [3.05, 3.63) is 12.3 Å². The molecule has 0 amide bonds. The van der Waals surface area contributed by atoms with Crippen molar-refractivity contribution in [2.24, 2.45) is 0 Å². The Kier molecular flexibility index (Phi) is 1.75. The van der Waals surface area contributed by atoms with Crippen LogP contribution in [0.2, 0.25) is 0 Å². The third-order valence-corrected chi connectivity index (χ3v) is 1.19. The van der Waals surface area contributed by atoms with Crippen molar-refractivity contribution in [1.82, 2.24) is 10.4 Å². The van der Waals surface area contributed by atoms with Crippen LogP contribution in [0.4, 0.5) is 0 Å². The Balaban J connectivity index is 2.41. The fourth-order valence-corrected chi connectivity index (χ4v) is 0.709. The van der Waals surface area contributed by atoms with Crippen LogP contribution in [-0.4, -0.2) is 35.2 Å². The van der Waals surface area contributed by atoms with Gasteiger partial charge in [-0.25, -0.2) is 5.43 Å². The number of hydrogen-bond acceptors (Lipinski definition) is 4. The summed E-state index contributed by atoms with van der Waals surface area (Å²) in [7, 11) is 0.477. The first-order chi connectivity index (χ1) is 4.20. The van der Waals surface area contributed by atoms with E-state index in [0.717, 1.165) is 0 Å². The van der Waals surface area contributed by atoms with Gasteiger partial charge in [-0.3, -0.25) is 0 Å². The van der Waals surface area contributed by atoms with E-state index in [-0.39, 0.29) is 5.94 Å². The standard InChI is InChI=1S/C4H9BN2O2/c1-7-3-2-4(6-7)5(8)9/h2-4,6,8-9H,1H3. The molecule has 3 N–H and O–H groups in total. The largest absolute Gasteiger partial charge is 0.475 e. The number of nitrogens with one attached hydrogen (secondary N) is 1. The molecular formula is C4H9BN2O2. The molecule has 1 aliphatic rings. The summed E-state index contributed by atoms with van der Waals surface area (Å²) < 4.78 is 0. The molecule has 0 spiro atoms. The van der Waals surface area contributed by atoms with Crippen LogP contribution in [0.1, 0.15) is 0 Å². The van der Waals surface area contributed by atoms with Gasteiger partial charge in [0.25, 0.3) is 0 Å². The average molecular weight is 128 g/mol. The predicted octanol–water partition coefficient (Wildman–Crippen LogP) is -1.67. The lowest BCUT2D eigenvalue weighted by Gasteiger charge is -2.12. The third-order valence-electron chi connectivity index (χ3n) is 1.19. The first kappa shape index (κ1) is 6.60. The van der Waals surface area contributed by atoms with Crippen LogP contribution in [0, 0.1) is 0 Å². The average Bonchev–Trinajstić information content (AvgIpc) is 2.14. The van der Waals surface area contributed by atoms with Crippen molar-refractivity contribution < 1.29 is 10.0 Å². The van der Waals surface area contributed by atoms with E-state index in [0.29, 0.717) is 0 Å². The summed E-state index contributed by atoms with van der Waals surface area (Å²) in [5.74, 6) is -0.352. The van der Waals surface area contributed by atoms with Crippen molar-refractivity contribution in [1.29, 1.82) is 0 Å². The Morgan fingerprint density at radius 3 is 2.56 bits per heavy atom. The molecule has 0 fully saturated rings. The molecule has 0 saturated heterocycles. The highest BCUT2D eigenvalue weighted by Crippen LogP contribution is 1.98. The maximum Gasteiger partial charge on any atom is 0.475 e. The van der Waals surface area contributed by atoms with Gasteiger partial charge in [0.1, 0.15) is 0 Å².